The summed E-state index contributed by atoms with van der Waals surface area (Å²) < 4.78 is 23.2. The predicted molar refractivity (Wildman–Crippen MR) is 46.5 cm³/mol. The van der Waals surface area contributed by atoms with Crippen LogP contribution in [0.1, 0.15) is 11.4 Å². The van der Waals surface area contributed by atoms with Gasteiger partial charge in [0.25, 0.3) is 0 Å². The Morgan fingerprint density at radius 1 is 1.23 bits per heavy atom. The second kappa shape index (κ2) is 5.24. The molecular weight excluding hydrogens is 174 g/mol. The van der Waals surface area contributed by atoms with Crippen LogP contribution in [-0.4, -0.2) is 10.2 Å². The maximum absolute atomic E-state index is 11.6. The summed E-state index contributed by atoms with van der Waals surface area (Å²) in [6, 6.07) is 1.78. The van der Waals surface area contributed by atoms with E-state index in [0.29, 0.717) is 25.5 Å². The van der Waals surface area contributed by atoms with E-state index in [1.807, 2.05) is 0 Å². The molecule has 0 aliphatic rings. The summed E-state index contributed by atoms with van der Waals surface area (Å²) in [4.78, 5) is 0. The lowest BCUT2D eigenvalue weighted by Gasteiger charge is -1.84. The normalized spacial score (nSPS) is 11.8. The third-order valence-electron chi connectivity index (χ3n) is 1.53. The van der Waals surface area contributed by atoms with Crippen LogP contribution < -0.4 is 0 Å². The third kappa shape index (κ3) is 3.19. The van der Waals surface area contributed by atoms with Crippen LogP contribution in [0, 0.1) is 0 Å². The van der Waals surface area contributed by atoms with Gasteiger partial charge in [0.1, 0.15) is 0 Å². The molecule has 0 aromatic carbocycles. The molecule has 0 amide bonds. The van der Waals surface area contributed by atoms with Crippen molar-refractivity contribution in [2.24, 2.45) is 0 Å². The number of aromatic amines is 1. The molecule has 0 aliphatic heterocycles. The standard InChI is InChI=1S/C9H10F2N2/c10-5-1-3-8-7-9(13-12-8)4-2-6-11/h1-2,5-7H,3-4H2,(H,12,13). The maximum Gasteiger partial charge on any atom is 0.0831 e. The minimum Gasteiger partial charge on any atom is -0.282 e. The number of halogens is 2. The van der Waals surface area contributed by atoms with Crippen LogP contribution in [0.2, 0.25) is 0 Å². The third-order valence-corrected chi connectivity index (χ3v) is 1.53. The fraction of sp³-hybridized carbons (Fsp3) is 0.222. The Hall–Kier alpha value is -1.45. The molecule has 2 nitrogen and oxygen atoms in total. The molecule has 0 atom stereocenters. The highest BCUT2D eigenvalue weighted by Crippen LogP contribution is 2.02. The first kappa shape index (κ1) is 9.64. The molecule has 0 saturated carbocycles. The molecule has 0 fully saturated rings. The van der Waals surface area contributed by atoms with Crippen molar-refractivity contribution < 1.29 is 8.78 Å². The van der Waals surface area contributed by atoms with Crippen molar-refractivity contribution in [3.8, 4) is 0 Å². The zero-order valence-corrected chi connectivity index (χ0v) is 7.00. The van der Waals surface area contributed by atoms with Crippen molar-refractivity contribution in [1.82, 2.24) is 10.2 Å². The van der Waals surface area contributed by atoms with Gasteiger partial charge in [0.05, 0.1) is 18.4 Å². The summed E-state index contributed by atoms with van der Waals surface area (Å²) in [6.45, 7) is 0. The molecule has 1 N–H and O–H groups in total. The molecular formula is C9H10F2N2. The number of rotatable bonds is 4. The predicted octanol–water partition coefficient (Wildman–Crippen LogP) is 2.46. The number of hydrogen-bond acceptors (Lipinski definition) is 1. The lowest BCUT2D eigenvalue weighted by Crippen LogP contribution is -1.79. The number of aromatic nitrogens is 2. The molecule has 1 rings (SSSR count). The maximum atomic E-state index is 11.6. The van der Waals surface area contributed by atoms with E-state index in [9.17, 15) is 8.78 Å². The number of nitrogens with one attached hydrogen (secondary N) is 1. The van der Waals surface area contributed by atoms with Gasteiger partial charge in [-0.1, -0.05) is 12.2 Å². The van der Waals surface area contributed by atoms with E-state index in [4.69, 9.17) is 0 Å². The first-order valence-corrected chi connectivity index (χ1v) is 3.90. The highest BCUT2D eigenvalue weighted by atomic mass is 19.1. The minimum absolute atomic E-state index is 0.451. The average molecular weight is 184 g/mol. The number of allylic oxidation sites excluding steroid dienone is 2. The van der Waals surface area contributed by atoms with Crippen molar-refractivity contribution in [2.75, 3.05) is 0 Å². The Bertz CT molecular complexity index is 274. The zero-order chi connectivity index (χ0) is 9.52. The van der Waals surface area contributed by atoms with Crippen LogP contribution in [0.15, 0.2) is 30.9 Å². The molecule has 70 valence electrons. The van der Waals surface area contributed by atoms with Gasteiger partial charge in [-0.3, -0.25) is 5.10 Å². The molecule has 0 aliphatic carbocycles. The van der Waals surface area contributed by atoms with Crippen LogP contribution in [0.5, 0.6) is 0 Å². The highest BCUT2D eigenvalue weighted by molar-refractivity contribution is 5.13. The lowest BCUT2D eigenvalue weighted by molar-refractivity contribution is 0.715. The fourth-order valence-electron chi connectivity index (χ4n) is 0.955. The average Bonchev–Trinajstić information content (AvgIpc) is 2.59. The summed E-state index contributed by atoms with van der Waals surface area (Å²) in [5, 5.41) is 6.63. The smallest absolute Gasteiger partial charge is 0.0831 e. The van der Waals surface area contributed by atoms with Crippen LogP contribution in [0.25, 0.3) is 0 Å². The highest BCUT2D eigenvalue weighted by Gasteiger charge is 1.97. The van der Waals surface area contributed by atoms with Gasteiger partial charge in [-0.05, 0) is 6.07 Å². The summed E-state index contributed by atoms with van der Waals surface area (Å²) >= 11 is 0. The SMILES string of the molecule is FC=CCc1cc(CC=CF)[nH]n1. The molecule has 0 bridgehead atoms. The number of hydrogen-bond donors (Lipinski definition) is 1. The second-order valence-corrected chi connectivity index (χ2v) is 2.52. The zero-order valence-electron chi connectivity index (χ0n) is 7.00. The van der Waals surface area contributed by atoms with Crippen LogP contribution in [0.4, 0.5) is 8.78 Å². The molecule has 0 saturated heterocycles. The Morgan fingerprint density at radius 2 is 1.92 bits per heavy atom. The molecule has 1 aromatic heterocycles. The summed E-state index contributed by atoms with van der Waals surface area (Å²) in [7, 11) is 0. The van der Waals surface area contributed by atoms with E-state index < -0.39 is 0 Å². The monoisotopic (exact) mass is 184 g/mol. The van der Waals surface area contributed by atoms with Gasteiger partial charge >= 0.3 is 0 Å². The molecule has 0 spiro atoms. The van der Waals surface area contributed by atoms with Crippen molar-refractivity contribution in [3.63, 3.8) is 0 Å². The summed E-state index contributed by atoms with van der Waals surface area (Å²) in [6.07, 6.45) is 4.64. The van der Waals surface area contributed by atoms with Crippen molar-refractivity contribution in [1.29, 1.82) is 0 Å². The Morgan fingerprint density at radius 3 is 2.62 bits per heavy atom. The topological polar surface area (TPSA) is 28.7 Å². The number of H-pyrrole nitrogens is 1. The van der Waals surface area contributed by atoms with Gasteiger partial charge < -0.3 is 0 Å². The van der Waals surface area contributed by atoms with Crippen molar-refractivity contribution >= 4 is 0 Å². The van der Waals surface area contributed by atoms with Gasteiger partial charge in [0.2, 0.25) is 0 Å². The van der Waals surface area contributed by atoms with Gasteiger partial charge in [-0.2, -0.15) is 5.10 Å². The van der Waals surface area contributed by atoms with E-state index in [1.165, 1.54) is 12.2 Å². The van der Waals surface area contributed by atoms with Crippen LogP contribution in [0.3, 0.4) is 0 Å². The molecule has 0 radical (unpaired) electrons. The Labute approximate surface area is 75.0 Å². The lowest BCUT2D eigenvalue weighted by atomic mass is 10.2. The second-order valence-electron chi connectivity index (χ2n) is 2.52. The minimum atomic E-state index is 0.451. The Balaban J connectivity index is 2.53. The molecule has 0 unspecified atom stereocenters. The fourth-order valence-corrected chi connectivity index (χ4v) is 0.955. The molecule has 1 heterocycles. The van der Waals surface area contributed by atoms with Crippen molar-refractivity contribution in [3.05, 3.63) is 42.3 Å². The van der Waals surface area contributed by atoms with Gasteiger partial charge in [-0.15, -0.1) is 0 Å². The summed E-state index contributed by atoms with van der Waals surface area (Å²) in [5.74, 6) is 0. The molecule has 13 heavy (non-hydrogen) atoms. The first-order valence-electron chi connectivity index (χ1n) is 3.90. The van der Waals surface area contributed by atoms with Crippen LogP contribution >= 0.6 is 0 Å². The quantitative estimate of drug-likeness (QED) is 0.765. The van der Waals surface area contributed by atoms with Crippen LogP contribution in [-0.2, 0) is 12.8 Å². The number of nitrogens with zero attached hydrogens (tertiary/aromatic N) is 1. The van der Waals surface area contributed by atoms with Gasteiger partial charge in [0, 0.05) is 18.5 Å². The van der Waals surface area contributed by atoms with E-state index in [-0.39, 0.29) is 0 Å². The van der Waals surface area contributed by atoms with Gasteiger partial charge in [-0.25, -0.2) is 8.78 Å². The van der Waals surface area contributed by atoms with Crippen molar-refractivity contribution in [2.45, 2.75) is 12.8 Å². The first-order chi connectivity index (χ1) is 6.36. The molecule has 1 aromatic rings. The van der Waals surface area contributed by atoms with E-state index in [0.717, 1.165) is 11.4 Å². The molecule has 4 heteroatoms. The summed E-state index contributed by atoms with van der Waals surface area (Å²) in [5.41, 5.74) is 1.56. The van der Waals surface area contributed by atoms with E-state index >= 15 is 0 Å². The van der Waals surface area contributed by atoms with E-state index in [2.05, 4.69) is 10.2 Å². The van der Waals surface area contributed by atoms with Gasteiger partial charge in [0.15, 0.2) is 0 Å². The Kier molecular flexibility index (Phi) is 3.88. The van der Waals surface area contributed by atoms with E-state index in [1.54, 1.807) is 6.07 Å². The largest absolute Gasteiger partial charge is 0.282 e.